The second kappa shape index (κ2) is 8.80. The molecule has 1 amide bonds. The Morgan fingerprint density at radius 2 is 1.81 bits per heavy atom. The molecular formula is C21H22N4O2. The zero-order chi connectivity index (χ0) is 19.1. The van der Waals surface area contributed by atoms with Crippen LogP contribution in [0.4, 0.5) is 11.4 Å². The zero-order valence-electron chi connectivity index (χ0n) is 15.3. The van der Waals surface area contributed by atoms with Crippen molar-refractivity contribution in [1.82, 2.24) is 15.3 Å². The van der Waals surface area contributed by atoms with Crippen molar-refractivity contribution < 1.29 is 9.53 Å². The van der Waals surface area contributed by atoms with Gasteiger partial charge in [-0.15, -0.1) is 0 Å². The minimum absolute atomic E-state index is 0.143. The topological polar surface area (TPSA) is 76.1 Å². The number of hydrogen-bond donors (Lipinski definition) is 2. The van der Waals surface area contributed by atoms with E-state index in [4.69, 9.17) is 4.74 Å². The number of benzene rings is 1. The molecule has 0 unspecified atom stereocenters. The summed E-state index contributed by atoms with van der Waals surface area (Å²) in [6, 6.07) is 15.0. The number of carbonyl (C=O) groups is 1. The lowest BCUT2D eigenvalue weighted by Gasteiger charge is -2.11. The zero-order valence-corrected chi connectivity index (χ0v) is 15.3. The molecule has 3 aromatic rings. The van der Waals surface area contributed by atoms with Gasteiger partial charge in [-0.05, 0) is 61.9 Å². The molecule has 2 aromatic heterocycles. The van der Waals surface area contributed by atoms with E-state index < -0.39 is 0 Å². The van der Waals surface area contributed by atoms with Gasteiger partial charge in [0.05, 0.1) is 18.0 Å². The van der Waals surface area contributed by atoms with Crippen molar-refractivity contribution >= 4 is 17.3 Å². The van der Waals surface area contributed by atoms with E-state index in [-0.39, 0.29) is 12.0 Å². The average Bonchev–Trinajstić information content (AvgIpc) is 2.69. The maximum Gasteiger partial charge on any atom is 0.270 e. The number of aromatic nitrogens is 2. The Bertz CT molecular complexity index is 863. The summed E-state index contributed by atoms with van der Waals surface area (Å²) in [5, 5.41) is 6.08. The lowest BCUT2D eigenvalue weighted by molar-refractivity contribution is 0.0946. The molecule has 0 aliphatic rings. The van der Waals surface area contributed by atoms with Crippen LogP contribution < -0.4 is 15.4 Å². The van der Waals surface area contributed by atoms with Crippen LogP contribution >= 0.6 is 0 Å². The number of anilines is 2. The van der Waals surface area contributed by atoms with Gasteiger partial charge in [-0.3, -0.25) is 9.78 Å². The number of nitrogens with zero attached hydrogens (tertiary/aromatic N) is 2. The van der Waals surface area contributed by atoms with Crippen molar-refractivity contribution in [1.29, 1.82) is 0 Å². The van der Waals surface area contributed by atoms with Crippen LogP contribution in [0, 0.1) is 0 Å². The van der Waals surface area contributed by atoms with E-state index in [2.05, 4.69) is 20.6 Å². The third kappa shape index (κ3) is 5.54. The molecule has 0 fully saturated rings. The number of rotatable bonds is 7. The van der Waals surface area contributed by atoms with Crippen molar-refractivity contribution in [2.45, 2.75) is 26.5 Å². The Kier molecular flexibility index (Phi) is 5.99. The van der Waals surface area contributed by atoms with Crippen LogP contribution in [0.25, 0.3) is 0 Å². The Morgan fingerprint density at radius 1 is 1.04 bits per heavy atom. The van der Waals surface area contributed by atoms with Crippen molar-refractivity contribution in [2.75, 3.05) is 5.32 Å². The molecule has 2 N–H and O–H groups in total. The van der Waals surface area contributed by atoms with Crippen LogP contribution in [0.5, 0.6) is 5.75 Å². The fraction of sp³-hybridized carbons (Fsp3) is 0.190. The molecule has 0 bridgehead atoms. The third-order valence-corrected chi connectivity index (χ3v) is 3.69. The molecule has 1 aromatic carbocycles. The molecule has 6 heteroatoms. The van der Waals surface area contributed by atoms with E-state index in [1.165, 1.54) is 0 Å². The van der Waals surface area contributed by atoms with E-state index >= 15 is 0 Å². The maximum absolute atomic E-state index is 12.2. The van der Waals surface area contributed by atoms with Crippen LogP contribution in [0.1, 0.15) is 29.9 Å². The van der Waals surface area contributed by atoms with Crippen LogP contribution in [0.3, 0.4) is 0 Å². The SMILES string of the molecule is CC(C)Oc1ccc(Nc2ccc(C(=O)NCc3cccnc3)nc2)cc1. The highest BCUT2D eigenvalue weighted by molar-refractivity contribution is 5.92. The van der Waals surface area contributed by atoms with E-state index in [0.29, 0.717) is 12.2 Å². The Morgan fingerprint density at radius 3 is 2.44 bits per heavy atom. The lowest BCUT2D eigenvalue weighted by atomic mass is 10.2. The van der Waals surface area contributed by atoms with Crippen molar-refractivity contribution in [2.24, 2.45) is 0 Å². The lowest BCUT2D eigenvalue weighted by Crippen LogP contribution is -2.23. The van der Waals surface area contributed by atoms with E-state index in [0.717, 1.165) is 22.7 Å². The smallest absolute Gasteiger partial charge is 0.270 e. The molecule has 0 aliphatic heterocycles. The van der Waals surface area contributed by atoms with Crippen molar-refractivity contribution in [3.8, 4) is 5.75 Å². The molecule has 6 nitrogen and oxygen atoms in total. The largest absolute Gasteiger partial charge is 0.491 e. The van der Waals surface area contributed by atoms with Gasteiger partial charge in [-0.1, -0.05) is 6.07 Å². The second-order valence-corrected chi connectivity index (χ2v) is 6.29. The fourth-order valence-corrected chi connectivity index (χ4v) is 2.43. The summed E-state index contributed by atoms with van der Waals surface area (Å²) in [7, 11) is 0. The van der Waals surface area contributed by atoms with E-state index in [1.807, 2.05) is 56.3 Å². The summed E-state index contributed by atoms with van der Waals surface area (Å²) < 4.78 is 5.63. The van der Waals surface area contributed by atoms with Crippen molar-refractivity contribution in [3.63, 3.8) is 0 Å². The van der Waals surface area contributed by atoms with E-state index in [9.17, 15) is 4.79 Å². The molecule has 0 spiro atoms. The number of ether oxygens (including phenoxy) is 1. The van der Waals surface area contributed by atoms with Gasteiger partial charge in [0.15, 0.2) is 0 Å². The number of amides is 1. The maximum atomic E-state index is 12.2. The highest BCUT2D eigenvalue weighted by Gasteiger charge is 2.07. The highest BCUT2D eigenvalue weighted by Crippen LogP contribution is 2.20. The van der Waals surface area contributed by atoms with Crippen LogP contribution in [-0.2, 0) is 6.54 Å². The van der Waals surface area contributed by atoms with Gasteiger partial charge in [-0.2, -0.15) is 0 Å². The molecule has 0 aliphatic carbocycles. The Balaban J connectivity index is 1.55. The van der Waals surface area contributed by atoms with Crippen LogP contribution in [-0.4, -0.2) is 22.0 Å². The van der Waals surface area contributed by atoms with Gasteiger partial charge in [0.25, 0.3) is 5.91 Å². The number of carbonyl (C=O) groups excluding carboxylic acids is 1. The summed E-state index contributed by atoms with van der Waals surface area (Å²) in [5.74, 6) is 0.606. The van der Waals surface area contributed by atoms with E-state index in [1.54, 1.807) is 24.7 Å². The van der Waals surface area contributed by atoms with Gasteiger partial charge < -0.3 is 15.4 Å². The molecule has 0 saturated carbocycles. The first kappa shape index (κ1) is 18.4. The Hall–Kier alpha value is -3.41. The highest BCUT2D eigenvalue weighted by atomic mass is 16.5. The van der Waals surface area contributed by atoms with Crippen molar-refractivity contribution in [3.05, 3.63) is 78.4 Å². The first-order valence-electron chi connectivity index (χ1n) is 8.77. The number of hydrogen-bond acceptors (Lipinski definition) is 5. The summed E-state index contributed by atoms with van der Waals surface area (Å²) in [6.45, 7) is 4.40. The number of pyridine rings is 2. The predicted molar refractivity (Wildman–Crippen MR) is 105 cm³/mol. The molecule has 27 heavy (non-hydrogen) atoms. The standard InChI is InChI=1S/C21H22N4O2/c1-15(2)27-19-8-5-17(6-9-19)25-18-7-10-20(23-14-18)21(26)24-13-16-4-3-11-22-12-16/h3-12,14-15,25H,13H2,1-2H3,(H,24,26). The molecule has 138 valence electrons. The summed E-state index contributed by atoms with van der Waals surface area (Å²) in [6.07, 6.45) is 5.20. The molecule has 0 atom stereocenters. The molecular weight excluding hydrogens is 340 g/mol. The summed E-state index contributed by atoms with van der Waals surface area (Å²) in [5.41, 5.74) is 3.03. The van der Waals surface area contributed by atoms with Crippen LogP contribution in [0.2, 0.25) is 0 Å². The first-order valence-corrected chi connectivity index (χ1v) is 8.77. The minimum atomic E-state index is -0.222. The van der Waals surface area contributed by atoms with Crippen LogP contribution in [0.15, 0.2) is 67.1 Å². The minimum Gasteiger partial charge on any atom is -0.491 e. The molecule has 0 saturated heterocycles. The van der Waals surface area contributed by atoms with Gasteiger partial charge >= 0.3 is 0 Å². The second-order valence-electron chi connectivity index (χ2n) is 6.29. The third-order valence-electron chi connectivity index (χ3n) is 3.69. The molecule has 0 radical (unpaired) electrons. The van der Waals surface area contributed by atoms with Gasteiger partial charge in [0.2, 0.25) is 0 Å². The molecule has 3 rings (SSSR count). The Labute approximate surface area is 158 Å². The predicted octanol–water partition coefficient (Wildman–Crippen LogP) is 3.94. The summed E-state index contributed by atoms with van der Waals surface area (Å²) >= 11 is 0. The fourth-order valence-electron chi connectivity index (χ4n) is 2.43. The normalized spacial score (nSPS) is 10.5. The molecule has 2 heterocycles. The average molecular weight is 362 g/mol. The summed E-state index contributed by atoms with van der Waals surface area (Å²) in [4.78, 5) is 20.4. The monoisotopic (exact) mass is 362 g/mol. The van der Waals surface area contributed by atoms with Gasteiger partial charge in [0, 0.05) is 24.6 Å². The van der Waals surface area contributed by atoms with Gasteiger partial charge in [0.1, 0.15) is 11.4 Å². The number of nitrogens with one attached hydrogen (secondary N) is 2. The van der Waals surface area contributed by atoms with Gasteiger partial charge in [-0.25, -0.2) is 4.98 Å². The first-order chi connectivity index (χ1) is 13.1. The quantitative estimate of drug-likeness (QED) is 0.666.